The first-order valence-corrected chi connectivity index (χ1v) is 5.22. The van der Waals surface area contributed by atoms with Crippen LogP contribution in [0.5, 0.6) is 0 Å². The Morgan fingerprint density at radius 2 is 1.50 bits per heavy atom. The van der Waals surface area contributed by atoms with E-state index in [2.05, 4.69) is 13.2 Å². The van der Waals surface area contributed by atoms with Crippen LogP contribution in [0.15, 0.2) is 25.3 Å². The van der Waals surface area contributed by atoms with Crippen LogP contribution in [0.3, 0.4) is 0 Å². The van der Waals surface area contributed by atoms with Crippen molar-refractivity contribution in [1.82, 2.24) is 0 Å². The molecule has 0 bridgehead atoms. The van der Waals surface area contributed by atoms with Gasteiger partial charge in [-0.3, -0.25) is 0 Å². The minimum absolute atomic E-state index is 0. The smallest absolute Gasteiger partial charge is 0.277 e. The van der Waals surface area contributed by atoms with E-state index in [0.717, 1.165) is 0 Å². The Morgan fingerprint density at radius 1 is 1.12 bits per heavy atom. The summed E-state index contributed by atoms with van der Waals surface area (Å²) in [5, 5.41) is 0. The second kappa shape index (κ2) is 10.2. The molecule has 0 amide bonds. The largest absolute Gasteiger partial charge is 0.870 e. The van der Waals surface area contributed by atoms with Crippen molar-refractivity contribution >= 4 is 0 Å². The highest BCUT2D eigenvalue weighted by Gasteiger charge is 1.94. The summed E-state index contributed by atoms with van der Waals surface area (Å²) < 4.78 is 2.45. The average Bonchev–Trinajstić information content (AvgIpc) is 1.69. The van der Waals surface area contributed by atoms with E-state index in [1.54, 1.807) is 0 Å². The molecule has 0 aromatic rings. The van der Waals surface area contributed by atoms with Gasteiger partial charge in [0.05, 0.1) is 0 Å². The molecule has 2 heteroatoms. The Hall–Kier alpha value is 0.170. The maximum absolute atomic E-state index is 3.63. The van der Waals surface area contributed by atoms with Crippen LogP contribution in [-0.2, 0) is 0 Å². The van der Waals surface area contributed by atoms with E-state index in [-0.39, 0.29) is 5.48 Å². The summed E-state index contributed by atoms with van der Waals surface area (Å²) in [7, 11) is 0. The van der Waals surface area contributed by atoms with Gasteiger partial charge in [0.15, 0.2) is 8.86 Å². The first-order chi connectivity index (χ1) is 3.41. The van der Waals surface area contributed by atoms with Crippen molar-refractivity contribution in [3.63, 3.8) is 0 Å². The zero-order chi connectivity index (χ0) is 5.54. The molecule has 0 aromatic carbocycles. The van der Waals surface area contributed by atoms with Crippen molar-refractivity contribution in [2.45, 2.75) is 0 Å². The van der Waals surface area contributed by atoms with Crippen LogP contribution in [0.4, 0.5) is 0 Å². The third-order valence-electron chi connectivity index (χ3n) is 0.436. The second-order valence-corrected chi connectivity index (χ2v) is 3.92. The van der Waals surface area contributed by atoms with Crippen molar-refractivity contribution in [3.8, 4) is 0 Å². The van der Waals surface area contributed by atoms with E-state index in [0.29, 0.717) is 21.2 Å². The minimum Gasteiger partial charge on any atom is -0.870 e. The maximum Gasteiger partial charge on any atom is 0.277 e. The molecule has 0 fully saturated rings. The lowest BCUT2D eigenvalue weighted by atomic mass is 10.8. The summed E-state index contributed by atoms with van der Waals surface area (Å²) in [6, 6.07) is 0. The van der Waals surface area contributed by atoms with Gasteiger partial charge >= 0.3 is 0 Å². The number of alkyl halides is 2. The zero-order valence-corrected chi connectivity index (χ0v) is 6.97. The predicted molar refractivity (Wildman–Crippen MR) is 32.1 cm³/mol. The van der Waals surface area contributed by atoms with Crippen LogP contribution in [0.1, 0.15) is 0 Å². The number of hydrogen-bond donors (Lipinski definition) is 0. The molecule has 0 rings (SSSR count). The number of hydrogen-bond acceptors (Lipinski definition) is 1. The highest BCUT2D eigenvalue weighted by atomic mass is 127. The van der Waals surface area contributed by atoms with Gasteiger partial charge in [0.25, 0.3) is 21.2 Å². The summed E-state index contributed by atoms with van der Waals surface area (Å²) in [6.45, 7) is 7.25. The highest BCUT2D eigenvalue weighted by Crippen LogP contribution is 1.42. The number of rotatable bonds is 4. The minimum atomic E-state index is 0. The van der Waals surface area contributed by atoms with E-state index in [1.165, 1.54) is 8.86 Å². The Labute approximate surface area is 61.1 Å². The van der Waals surface area contributed by atoms with E-state index in [9.17, 15) is 0 Å². The quantitative estimate of drug-likeness (QED) is 0.242. The van der Waals surface area contributed by atoms with Crippen LogP contribution in [0, 0.1) is 0 Å². The van der Waals surface area contributed by atoms with E-state index >= 15 is 0 Å². The van der Waals surface area contributed by atoms with Gasteiger partial charge < -0.3 is 5.48 Å². The molecule has 1 N–H and O–H groups in total. The monoisotopic (exact) mass is 226 g/mol. The Bertz CT molecular complexity index is 53.5. The lowest BCUT2D eigenvalue weighted by Gasteiger charge is -1.65. The molecule has 0 spiro atoms. The Morgan fingerprint density at radius 3 is 1.75 bits per heavy atom. The van der Waals surface area contributed by atoms with Gasteiger partial charge in [0, 0.05) is 0 Å². The molecule has 0 aliphatic carbocycles. The molecule has 8 heavy (non-hydrogen) atoms. The van der Waals surface area contributed by atoms with Gasteiger partial charge in [-0.1, -0.05) is 13.2 Å². The topological polar surface area (TPSA) is 30.0 Å². The van der Waals surface area contributed by atoms with Crippen LogP contribution >= 0.6 is 0 Å². The second-order valence-electron chi connectivity index (χ2n) is 1.07. The molecule has 0 radical (unpaired) electrons. The molecular formula is C6H11IO. The number of allylic oxidation sites excluding steroid dienone is 2. The lowest BCUT2D eigenvalue weighted by Crippen LogP contribution is -3.63. The molecule has 0 aromatic heterocycles. The molecular weight excluding hydrogens is 215 g/mol. The van der Waals surface area contributed by atoms with Gasteiger partial charge in [-0.15, -0.1) is 0 Å². The molecule has 0 heterocycles. The predicted octanol–water partition coefficient (Wildman–Crippen LogP) is -1.73. The van der Waals surface area contributed by atoms with Gasteiger partial charge in [0.2, 0.25) is 0 Å². The summed E-state index contributed by atoms with van der Waals surface area (Å²) >= 11 is 0.389. The SMILES string of the molecule is C=CC[I+]CC=C.[OH-]. The van der Waals surface area contributed by atoms with Crippen molar-refractivity contribution in [2.24, 2.45) is 0 Å². The lowest BCUT2D eigenvalue weighted by molar-refractivity contribution is -0.636. The van der Waals surface area contributed by atoms with Crippen molar-refractivity contribution < 1.29 is 26.7 Å². The average molecular weight is 226 g/mol. The summed E-state index contributed by atoms with van der Waals surface area (Å²) in [4.78, 5) is 0. The molecule has 0 saturated carbocycles. The van der Waals surface area contributed by atoms with Crippen LogP contribution in [-0.4, -0.2) is 14.3 Å². The molecule has 0 aliphatic rings. The Kier molecular flexibility index (Phi) is 14.1. The molecule has 0 saturated heterocycles. The van der Waals surface area contributed by atoms with Crippen molar-refractivity contribution in [3.05, 3.63) is 25.3 Å². The standard InChI is InChI=1S/C6H10I.H2O/c1-3-5-7-6-4-2;/h3-4H,1-2,5-6H2;1H2/q+1;/p-1. The van der Waals surface area contributed by atoms with Crippen molar-refractivity contribution in [1.29, 1.82) is 0 Å². The molecule has 0 atom stereocenters. The van der Waals surface area contributed by atoms with Gasteiger partial charge in [-0.05, 0) is 12.2 Å². The fourth-order valence-electron chi connectivity index (χ4n) is 0.217. The fourth-order valence-corrected chi connectivity index (χ4v) is 1.46. The normalized spacial score (nSPS) is 7.00. The summed E-state index contributed by atoms with van der Waals surface area (Å²) in [5.41, 5.74) is 0. The molecule has 0 unspecified atom stereocenters. The van der Waals surface area contributed by atoms with E-state index in [1.807, 2.05) is 12.2 Å². The fraction of sp³-hybridized carbons (Fsp3) is 0.333. The first-order valence-electron chi connectivity index (χ1n) is 2.17. The van der Waals surface area contributed by atoms with E-state index < -0.39 is 0 Å². The third kappa shape index (κ3) is 9.48. The first kappa shape index (κ1) is 11.0. The highest BCUT2D eigenvalue weighted by molar-refractivity contribution is 4.65. The maximum atomic E-state index is 3.63. The molecule has 1 nitrogen and oxygen atoms in total. The van der Waals surface area contributed by atoms with Gasteiger partial charge in [0.1, 0.15) is 0 Å². The molecule has 0 aliphatic heterocycles. The van der Waals surface area contributed by atoms with Gasteiger partial charge in [-0.25, -0.2) is 0 Å². The summed E-state index contributed by atoms with van der Waals surface area (Å²) in [5.74, 6) is 0. The van der Waals surface area contributed by atoms with E-state index in [4.69, 9.17) is 0 Å². The van der Waals surface area contributed by atoms with Crippen LogP contribution in [0.25, 0.3) is 0 Å². The van der Waals surface area contributed by atoms with Crippen molar-refractivity contribution in [2.75, 3.05) is 8.86 Å². The summed E-state index contributed by atoms with van der Waals surface area (Å²) in [6.07, 6.45) is 3.97. The molecule has 48 valence electrons. The third-order valence-corrected chi connectivity index (χ3v) is 2.93. The zero-order valence-electron chi connectivity index (χ0n) is 4.81. The van der Waals surface area contributed by atoms with Gasteiger partial charge in [-0.2, -0.15) is 0 Å². The Balaban J connectivity index is 0. The van der Waals surface area contributed by atoms with Crippen LogP contribution < -0.4 is 21.2 Å². The van der Waals surface area contributed by atoms with Crippen LogP contribution in [0.2, 0.25) is 0 Å². The number of halogens is 1.